The van der Waals surface area contributed by atoms with E-state index in [1.54, 1.807) is 0 Å². The van der Waals surface area contributed by atoms with Gasteiger partial charge in [0, 0.05) is 19.3 Å². The summed E-state index contributed by atoms with van der Waals surface area (Å²) in [6, 6.07) is 0. The third-order valence-electron chi connectivity index (χ3n) is 9.77. The molecule has 0 saturated carbocycles. The molecule has 0 aliphatic carbocycles. The molecule has 0 N–H and O–H groups in total. The number of carbonyl (C=O) groups is 3. The Morgan fingerprint density at radius 2 is 0.656 bits per heavy atom. The van der Waals surface area contributed by atoms with Gasteiger partial charge in [-0.25, -0.2) is 0 Å². The number of unbranched alkanes of at least 4 members (excludes halogenated alkanes) is 13. The molecule has 0 aliphatic heterocycles. The van der Waals surface area contributed by atoms with Crippen molar-refractivity contribution in [2.24, 2.45) is 0 Å². The molecule has 0 amide bonds. The number of hydrogen-bond acceptors (Lipinski definition) is 6. The lowest BCUT2D eigenvalue weighted by molar-refractivity contribution is -0.167. The van der Waals surface area contributed by atoms with Crippen LogP contribution in [0.3, 0.4) is 0 Å². The molecule has 0 aromatic heterocycles. The van der Waals surface area contributed by atoms with Gasteiger partial charge in [0.2, 0.25) is 0 Å². The fourth-order valence-electron chi connectivity index (χ4n) is 6.17. The van der Waals surface area contributed by atoms with Crippen LogP contribution in [-0.2, 0) is 28.6 Å². The highest BCUT2D eigenvalue weighted by Gasteiger charge is 2.19. The van der Waals surface area contributed by atoms with Gasteiger partial charge in [-0.15, -0.1) is 0 Å². The summed E-state index contributed by atoms with van der Waals surface area (Å²) in [6.07, 6.45) is 65.2. The maximum Gasteiger partial charge on any atom is 0.306 e. The normalized spacial score (nSPS) is 13.0. The Bertz CT molecular complexity index is 1290. The molecule has 0 fully saturated rings. The van der Waals surface area contributed by atoms with Crippen molar-refractivity contribution in [3.8, 4) is 0 Å². The number of hydrogen-bond donors (Lipinski definition) is 0. The van der Waals surface area contributed by atoms with E-state index in [1.807, 2.05) is 0 Å². The van der Waals surface area contributed by atoms with E-state index in [0.29, 0.717) is 19.3 Å². The highest BCUT2D eigenvalue weighted by atomic mass is 16.6. The van der Waals surface area contributed by atoms with Crippen LogP contribution in [0.5, 0.6) is 0 Å². The Kier molecular flexibility index (Phi) is 45.6. The van der Waals surface area contributed by atoms with E-state index >= 15 is 0 Å². The predicted octanol–water partition coefficient (Wildman–Crippen LogP) is 16.0. The molecule has 0 saturated heterocycles. The fourth-order valence-corrected chi connectivity index (χ4v) is 6.17. The monoisotopic (exact) mass is 845 g/mol. The Morgan fingerprint density at radius 3 is 1.05 bits per heavy atom. The van der Waals surface area contributed by atoms with Crippen LogP contribution >= 0.6 is 0 Å². The van der Waals surface area contributed by atoms with Gasteiger partial charge in [-0.3, -0.25) is 14.4 Å². The number of carbonyl (C=O) groups excluding carboxylic acids is 3. The first kappa shape index (κ1) is 57.1. The Balaban J connectivity index is 4.41. The van der Waals surface area contributed by atoms with Crippen LogP contribution in [0.25, 0.3) is 0 Å². The predicted molar refractivity (Wildman–Crippen MR) is 260 cm³/mol. The lowest BCUT2D eigenvalue weighted by Crippen LogP contribution is -2.30. The van der Waals surface area contributed by atoms with Crippen molar-refractivity contribution in [3.63, 3.8) is 0 Å². The quantitative estimate of drug-likeness (QED) is 0.0264. The largest absolute Gasteiger partial charge is 0.462 e. The van der Waals surface area contributed by atoms with E-state index < -0.39 is 6.10 Å². The molecule has 344 valence electrons. The molecule has 0 heterocycles. The number of ether oxygens (including phenoxy) is 3. The van der Waals surface area contributed by atoms with E-state index in [0.717, 1.165) is 116 Å². The summed E-state index contributed by atoms with van der Waals surface area (Å²) in [4.78, 5) is 37.7. The average Bonchev–Trinajstić information content (AvgIpc) is 3.26. The Labute approximate surface area is 374 Å². The smallest absolute Gasteiger partial charge is 0.306 e. The minimum atomic E-state index is -0.812. The number of rotatable bonds is 42. The van der Waals surface area contributed by atoms with Crippen LogP contribution in [0.2, 0.25) is 0 Å². The van der Waals surface area contributed by atoms with Gasteiger partial charge in [-0.2, -0.15) is 0 Å². The zero-order valence-corrected chi connectivity index (χ0v) is 39.1. The topological polar surface area (TPSA) is 78.9 Å². The zero-order valence-electron chi connectivity index (χ0n) is 39.1. The van der Waals surface area contributed by atoms with Crippen LogP contribution in [0.4, 0.5) is 0 Å². The summed E-state index contributed by atoms with van der Waals surface area (Å²) >= 11 is 0. The van der Waals surface area contributed by atoms with Gasteiger partial charge in [0.1, 0.15) is 13.2 Å². The Morgan fingerprint density at radius 1 is 0.344 bits per heavy atom. The molecular formula is C55H88O6. The lowest BCUT2D eigenvalue weighted by atomic mass is 10.1. The third kappa shape index (κ3) is 47.0. The molecular weight excluding hydrogens is 757 g/mol. The summed E-state index contributed by atoms with van der Waals surface area (Å²) in [6.45, 7) is 6.28. The van der Waals surface area contributed by atoms with Crippen molar-refractivity contribution in [3.05, 3.63) is 109 Å². The zero-order chi connectivity index (χ0) is 44.4. The van der Waals surface area contributed by atoms with Crippen molar-refractivity contribution in [2.75, 3.05) is 13.2 Å². The standard InChI is InChI=1S/C55H88O6/c1-4-7-10-13-16-18-20-22-24-26-27-29-30-32-34-36-39-42-45-48-54(57)60-51-52(50-59-53(56)47-44-41-38-15-12-9-6-3)61-55(58)49-46-43-40-37-35-33-31-28-25-23-21-19-17-14-11-8-5-2/h7-8,10-11,16-19,22-25,27,29,31,33,37,40,52H,4-6,9,12-15,20-21,26,28,30,32,34-36,38-39,41-51H2,1-3H3/b10-7-,11-8-,18-16-,19-17-,24-22-,25-23-,29-27-,33-31-,40-37-. The highest BCUT2D eigenvalue weighted by Crippen LogP contribution is 2.12. The first-order valence-corrected chi connectivity index (χ1v) is 24.4. The lowest BCUT2D eigenvalue weighted by Gasteiger charge is -2.18. The molecule has 1 unspecified atom stereocenters. The van der Waals surface area contributed by atoms with Gasteiger partial charge in [-0.05, 0) is 96.3 Å². The summed E-state index contributed by atoms with van der Waals surface area (Å²) in [5.74, 6) is -0.996. The van der Waals surface area contributed by atoms with E-state index in [1.165, 1.54) is 38.5 Å². The SMILES string of the molecule is CC/C=C\C/C=C\C/C=C\C/C=C\C/C=C\CCCC(=O)OC(COC(=O)CCCCCCCCC)COC(=O)CCCCCCCC/C=C\C/C=C\C/C=C\C/C=C\CC. The number of allylic oxidation sites excluding steroid dienone is 18. The van der Waals surface area contributed by atoms with E-state index in [4.69, 9.17) is 14.2 Å². The van der Waals surface area contributed by atoms with Crippen molar-refractivity contribution < 1.29 is 28.6 Å². The summed E-state index contributed by atoms with van der Waals surface area (Å²) in [5.41, 5.74) is 0. The first-order chi connectivity index (χ1) is 30.0. The van der Waals surface area contributed by atoms with Crippen molar-refractivity contribution in [2.45, 2.75) is 207 Å². The second-order valence-corrected chi connectivity index (χ2v) is 15.6. The first-order valence-electron chi connectivity index (χ1n) is 24.4. The van der Waals surface area contributed by atoms with Crippen LogP contribution in [0, 0.1) is 0 Å². The highest BCUT2D eigenvalue weighted by molar-refractivity contribution is 5.71. The summed E-state index contributed by atoms with van der Waals surface area (Å²) in [7, 11) is 0. The molecule has 1 atom stereocenters. The molecule has 0 bridgehead atoms. The average molecular weight is 845 g/mol. The molecule has 61 heavy (non-hydrogen) atoms. The van der Waals surface area contributed by atoms with E-state index in [2.05, 4.69) is 130 Å². The molecule has 0 aliphatic rings. The minimum absolute atomic E-state index is 0.107. The molecule has 0 rings (SSSR count). The van der Waals surface area contributed by atoms with Gasteiger partial charge >= 0.3 is 17.9 Å². The Hall–Kier alpha value is -3.93. The van der Waals surface area contributed by atoms with Crippen LogP contribution in [-0.4, -0.2) is 37.2 Å². The van der Waals surface area contributed by atoms with E-state index in [9.17, 15) is 14.4 Å². The molecule has 6 heteroatoms. The summed E-state index contributed by atoms with van der Waals surface area (Å²) in [5, 5.41) is 0. The van der Waals surface area contributed by atoms with Gasteiger partial charge < -0.3 is 14.2 Å². The molecule has 0 radical (unpaired) electrons. The van der Waals surface area contributed by atoms with Gasteiger partial charge in [0.15, 0.2) is 6.10 Å². The van der Waals surface area contributed by atoms with Gasteiger partial charge in [-0.1, -0.05) is 194 Å². The molecule has 0 aromatic rings. The van der Waals surface area contributed by atoms with Crippen molar-refractivity contribution >= 4 is 17.9 Å². The van der Waals surface area contributed by atoms with Crippen LogP contribution < -0.4 is 0 Å². The maximum absolute atomic E-state index is 12.7. The van der Waals surface area contributed by atoms with Crippen molar-refractivity contribution in [1.82, 2.24) is 0 Å². The fraction of sp³-hybridized carbons (Fsp3) is 0.618. The van der Waals surface area contributed by atoms with Gasteiger partial charge in [0.05, 0.1) is 0 Å². The van der Waals surface area contributed by atoms with E-state index in [-0.39, 0.29) is 37.5 Å². The molecule has 0 spiro atoms. The van der Waals surface area contributed by atoms with Crippen molar-refractivity contribution in [1.29, 1.82) is 0 Å². The third-order valence-corrected chi connectivity index (χ3v) is 9.77. The minimum Gasteiger partial charge on any atom is -0.462 e. The van der Waals surface area contributed by atoms with Crippen LogP contribution in [0.1, 0.15) is 201 Å². The molecule has 0 aromatic carbocycles. The second-order valence-electron chi connectivity index (χ2n) is 15.6. The van der Waals surface area contributed by atoms with Gasteiger partial charge in [0.25, 0.3) is 0 Å². The second kappa shape index (κ2) is 48.7. The molecule has 6 nitrogen and oxygen atoms in total. The van der Waals surface area contributed by atoms with Crippen LogP contribution in [0.15, 0.2) is 109 Å². The summed E-state index contributed by atoms with van der Waals surface area (Å²) < 4.78 is 16.6. The maximum atomic E-state index is 12.7. The number of esters is 3.